The van der Waals surface area contributed by atoms with Crippen molar-refractivity contribution < 1.29 is 14.3 Å². The van der Waals surface area contributed by atoms with Crippen molar-refractivity contribution in [2.24, 2.45) is 0 Å². The highest BCUT2D eigenvalue weighted by atomic mass is 16.5. The standard InChI is InChI=1S/C21H21N5O3/c1-14-6-8-18(9-7-14)29-13-21(28)24-20-11-10-19(25-26-20)23-17-5-3-4-16(12-17)22-15(2)27/h3-12H,13H2,1-2H3,(H,22,27)(H,23,25)(H,24,26,28). The quantitative estimate of drug-likeness (QED) is 0.569. The molecule has 8 heteroatoms. The van der Waals surface area contributed by atoms with Crippen molar-refractivity contribution >= 4 is 34.8 Å². The summed E-state index contributed by atoms with van der Waals surface area (Å²) in [7, 11) is 0. The van der Waals surface area contributed by atoms with Crippen molar-refractivity contribution in [3.63, 3.8) is 0 Å². The molecule has 148 valence electrons. The highest BCUT2D eigenvalue weighted by Gasteiger charge is 2.06. The van der Waals surface area contributed by atoms with Gasteiger partial charge in [-0.1, -0.05) is 23.8 Å². The number of rotatable bonds is 7. The van der Waals surface area contributed by atoms with Gasteiger partial charge in [0.15, 0.2) is 18.2 Å². The van der Waals surface area contributed by atoms with Gasteiger partial charge in [-0.15, -0.1) is 10.2 Å². The molecule has 0 radical (unpaired) electrons. The Morgan fingerprint density at radius 2 is 1.59 bits per heavy atom. The maximum atomic E-state index is 12.0. The van der Waals surface area contributed by atoms with Gasteiger partial charge in [0.25, 0.3) is 5.91 Å². The molecule has 0 saturated carbocycles. The third-order valence-electron chi connectivity index (χ3n) is 3.78. The second kappa shape index (κ2) is 9.32. The first-order valence-electron chi connectivity index (χ1n) is 8.96. The van der Waals surface area contributed by atoms with Crippen LogP contribution in [0.2, 0.25) is 0 Å². The Morgan fingerprint density at radius 3 is 2.28 bits per heavy atom. The summed E-state index contributed by atoms with van der Waals surface area (Å²) in [4.78, 5) is 23.2. The predicted octanol–water partition coefficient (Wildman–Crippen LogP) is 3.50. The van der Waals surface area contributed by atoms with E-state index in [0.29, 0.717) is 23.1 Å². The lowest BCUT2D eigenvalue weighted by molar-refractivity contribution is -0.118. The van der Waals surface area contributed by atoms with Crippen LogP contribution in [-0.4, -0.2) is 28.6 Å². The topological polar surface area (TPSA) is 105 Å². The number of anilines is 4. The van der Waals surface area contributed by atoms with Crippen molar-refractivity contribution in [3.8, 4) is 5.75 Å². The first kappa shape index (κ1) is 19.8. The molecule has 1 aromatic heterocycles. The van der Waals surface area contributed by atoms with Gasteiger partial charge in [0.2, 0.25) is 5.91 Å². The van der Waals surface area contributed by atoms with Gasteiger partial charge in [0.1, 0.15) is 5.75 Å². The van der Waals surface area contributed by atoms with Crippen LogP contribution in [0.1, 0.15) is 12.5 Å². The van der Waals surface area contributed by atoms with Gasteiger partial charge in [0, 0.05) is 18.3 Å². The molecule has 3 aromatic rings. The van der Waals surface area contributed by atoms with Crippen molar-refractivity contribution in [1.82, 2.24) is 10.2 Å². The van der Waals surface area contributed by atoms with Crippen molar-refractivity contribution in [2.45, 2.75) is 13.8 Å². The van der Waals surface area contributed by atoms with E-state index < -0.39 is 0 Å². The number of nitrogens with one attached hydrogen (secondary N) is 3. The van der Waals surface area contributed by atoms with Gasteiger partial charge < -0.3 is 20.7 Å². The highest BCUT2D eigenvalue weighted by Crippen LogP contribution is 2.19. The number of nitrogens with zero attached hydrogens (tertiary/aromatic N) is 2. The maximum absolute atomic E-state index is 12.0. The largest absolute Gasteiger partial charge is 0.484 e. The van der Waals surface area contributed by atoms with E-state index in [0.717, 1.165) is 11.3 Å². The smallest absolute Gasteiger partial charge is 0.263 e. The third kappa shape index (κ3) is 6.31. The second-order valence-corrected chi connectivity index (χ2v) is 6.34. The minimum absolute atomic E-state index is 0.124. The zero-order chi connectivity index (χ0) is 20.6. The fraction of sp³-hybridized carbons (Fsp3) is 0.143. The maximum Gasteiger partial charge on any atom is 0.263 e. The van der Waals surface area contributed by atoms with E-state index >= 15 is 0 Å². The van der Waals surface area contributed by atoms with E-state index in [1.165, 1.54) is 6.92 Å². The monoisotopic (exact) mass is 391 g/mol. The number of aromatic nitrogens is 2. The number of hydrogen-bond donors (Lipinski definition) is 3. The van der Waals surface area contributed by atoms with E-state index in [9.17, 15) is 9.59 Å². The molecule has 0 aliphatic heterocycles. The fourth-order valence-electron chi connectivity index (χ4n) is 2.45. The molecule has 0 bridgehead atoms. The Balaban J connectivity index is 1.52. The summed E-state index contributed by atoms with van der Waals surface area (Å²) < 4.78 is 5.43. The Morgan fingerprint density at radius 1 is 0.897 bits per heavy atom. The Hall–Kier alpha value is -3.94. The molecule has 0 spiro atoms. The molecule has 0 unspecified atom stereocenters. The van der Waals surface area contributed by atoms with Crippen molar-refractivity contribution in [3.05, 3.63) is 66.2 Å². The molecule has 1 heterocycles. The number of ether oxygens (including phenoxy) is 1. The van der Waals surface area contributed by atoms with Crippen LogP contribution in [0.5, 0.6) is 5.75 Å². The number of amides is 2. The molecule has 2 amide bonds. The number of carbonyl (C=O) groups excluding carboxylic acids is 2. The molecule has 3 rings (SSSR count). The van der Waals surface area contributed by atoms with E-state index in [1.54, 1.807) is 24.3 Å². The van der Waals surface area contributed by atoms with Gasteiger partial charge in [-0.3, -0.25) is 9.59 Å². The molecule has 2 aromatic carbocycles. The van der Waals surface area contributed by atoms with E-state index in [1.807, 2.05) is 43.3 Å². The molecule has 0 aliphatic rings. The molecule has 0 aliphatic carbocycles. The molecule has 8 nitrogen and oxygen atoms in total. The average Bonchev–Trinajstić information content (AvgIpc) is 2.69. The molecular formula is C21H21N5O3. The first-order valence-corrected chi connectivity index (χ1v) is 8.96. The minimum atomic E-state index is -0.330. The van der Waals surface area contributed by atoms with Gasteiger partial charge >= 0.3 is 0 Å². The zero-order valence-corrected chi connectivity index (χ0v) is 16.1. The second-order valence-electron chi connectivity index (χ2n) is 6.34. The minimum Gasteiger partial charge on any atom is -0.484 e. The van der Waals surface area contributed by atoms with Gasteiger partial charge in [0.05, 0.1) is 0 Å². The summed E-state index contributed by atoms with van der Waals surface area (Å²) in [6, 6.07) is 18.0. The summed E-state index contributed by atoms with van der Waals surface area (Å²) in [5.41, 5.74) is 2.54. The first-order chi connectivity index (χ1) is 14.0. The lowest BCUT2D eigenvalue weighted by Gasteiger charge is -2.09. The van der Waals surface area contributed by atoms with Crippen LogP contribution in [0.3, 0.4) is 0 Å². The molecule has 29 heavy (non-hydrogen) atoms. The average molecular weight is 391 g/mol. The number of aryl methyl sites for hydroxylation is 1. The van der Waals surface area contributed by atoms with Gasteiger partial charge in [-0.2, -0.15) is 0 Å². The summed E-state index contributed by atoms with van der Waals surface area (Å²) in [6.45, 7) is 3.30. The Bertz CT molecular complexity index is 988. The number of hydrogen-bond acceptors (Lipinski definition) is 6. The van der Waals surface area contributed by atoms with E-state index in [2.05, 4.69) is 26.1 Å². The summed E-state index contributed by atoms with van der Waals surface area (Å²) in [6.07, 6.45) is 0. The SMILES string of the molecule is CC(=O)Nc1cccc(Nc2ccc(NC(=O)COc3ccc(C)cc3)nn2)c1. The fourth-order valence-corrected chi connectivity index (χ4v) is 2.45. The normalized spacial score (nSPS) is 10.1. The van der Waals surface area contributed by atoms with Crippen LogP contribution >= 0.6 is 0 Å². The Labute approximate surface area is 168 Å². The zero-order valence-electron chi connectivity index (χ0n) is 16.1. The molecule has 0 saturated heterocycles. The molecule has 0 fully saturated rings. The molecular weight excluding hydrogens is 370 g/mol. The van der Waals surface area contributed by atoms with Crippen LogP contribution in [0, 0.1) is 6.92 Å². The van der Waals surface area contributed by atoms with Crippen molar-refractivity contribution in [1.29, 1.82) is 0 Å². The third-order valence-corrected chi connectivity index (χ3v) is 3.78. The summed E-state index contributed by atoms with van der Waals surface area (Å²) in [5.74, 6) is 0.966. The number of carbonyl (C=O) groups is 2. The lowest BCUT2D eigenvalue weighted by atomic mass is 10.2. The van der Waals surface area contributed by atoms with Gasteiger partial charge in [-0.05, 0) is 49.4 Å². The molecule has 3 N–H and O–H groups in total. The van der Waals surface area contributed by atoms with Crippen LogP contribution < -0.4 is 20.7 Å². The highest BCUT2D eigenvalue weighted by molar-refractivity contribution is 5.91. The van der Waals surface area contributed by atoms with Gasteiger partial charge in [-0.25, -0.2) is 0 Å². The molecule has 0 atom stereocenters. The van der Waals surface area contributed by atoms with E-state index in [4.69, 9.17) is 4.74 Å². The Kier molecular flexibility index (Phi) is 6.36. The lowest BCUT2D eigenvalue weighted by Crippen LogP contribution is -2.21. The van der Waals surface area contributed by atoms with E-state index in [-0.39, 0.29) is 18.4 Å². The predicted molar refractivity (Wildman–Crippen MR) is 111 cm³/mol. The van der Waals surface area contributed by atoms with Crippen LogP contribution in [0.15, 0.2) is 60.7 Å². The van der Waals surface area contributed by atoms with Crippen LogP contribution in [-0.2, 0) is 9.59 Å². The van der Waals surface area contributed by atoms with Crippen molar-refractivity contribution in [2.75, 3.05) is 22.6 Å². The number of benzene rings is 2. The summed E-state index contributed by atoms with van der Waals surface area (Å²) in [5, 5.41) is 16.5. The van der Waals surface area contributed by atoms with Crippen LogP contribution in [0.25, 0.3) is 0 Å². The van der Waals surface area contributed by atoms with Crippen LogP contribution in [0.4, 0.5) is 23.0 Å². The summed E-state index contributed by atoms with van der Waals surface area (Å²) >= 11 is 0.